The number of rotatable bonds is 3. The van der Waals surface area contributed by atoms with Gasteiger partial charge in [-0.15, -0.1) is 0 Å². The van der Waals surface area contributed by atoms with Gasteiger partial charge < -0.3 is 10.2 Å². The molecule has 2 aliphatic rings. The summed E-state index contributed by atoms with van der Waals surface area (Å²) in [6.45, 7) is 0.955. The van der Waals surface area contributed by atoms with Gasteiger partial charge in [0.1, 0.15) is 5.82 Å². The van der Waals surface area contributed by atoms with Crippen LogP contribution in [0.2, 0.25) is 5.02 Å². The smallest absolute Gasteiger partial charge is 0.255 e. The van der Waals surface area contributed by atoms with E-state index in [1.807, 2.05) is 0 Å². The van der Waals surface area contributed by atoms with E-state index in [0.717, 1.165) is 24.0 Å². The summed E-state index contributed by atoms with van der Waals surface area (Å²) in [6.07, 6.45) is 2.47. The molecule has 4 rings (SSSR count). The highest BCUT2D eigenvalue weighted by molar-refractivity contribution is 6.34. The van der Waals surface area contributed by atoms with E-state index in [4.69, 9.17) is 11.6 Å². The Morgan fingerprint density at radius 2 is 1.92 bits per heavy atom. The lowest BCUT2D eigenvalue weighted by Gasteiger charge is -2.29. The van der Waals surface area contributed by atoms with Crippen LogP contribution >= 0.6 is 11.6 Å². The largest absolute Gasteiger partial charge is 0.334 e. The van der Waals surface area contributed by atoms with Crippen LogP contribution in [0.25, 0.3) is 0 Å². The molecule has 0 bridgehead atoms. The quantitative estimate of drug-likeness (QED) is 0.884. The van der Waals surface area contributed by atoms with Crippen molar-refractivity contribution in [3.8, 4) is 0 Å². The van der Waals surface area contributed by atoms with Crippen LogP contribution in [0.1, 0.15) is 34.3 Å². The van der Waals surface area contributed by atoms with Crippen LogP contribution in [0.5, 0.6) is 0 Å². The van der Waals surface area contributed by atoms with E-state index in [0.29, 0.717) is 35.8 Å². The fourth-order valence-electron chi connectivity index (χ4n) is 3.22. The van der Waals surface area contributed by atoms with Gasteiger partial charge in [0, 0.05) is 24.7 Å². The molecule has 6 heteroatoms. The van der Waals surface area contributed by atoms with Crippen LogP contribution in [0.15, 0.2) is 36.4 Å². The van der Waals surface area contributed by atoms with E-state index in [9.17, 15) is 14.0 Å². The molecular weight excluding hydrogens is 355 g/mol. The molecule has 2 amide bonds. The molecule has 0 aromatic heterocycles. The van der Waals surface area contributed by atoms with Gasteiger partial charge in [-0.25, -0.2) is 4.39 Å². The maximum atomic E-state index is 13.3. The van der Waals surface area contributed by atoms with Crippen LogP contribution < -0.4 is 5.32 Å². The molecule has 1 aliphatic heterocycles. The third-order valence-corrected chi connectivity index (χ3v) is 5.20. The zero-order chi connectivity index (χ0) is 18.3. The van der Waals surface area contributed by atoms with Crippen molar-refractivity contribution < 1.29 is 14.0 Å². The lowest BCUT2D eigenvalue weighted by molar-refractivity contribution is -0.117. The minimum absolute atomic E-state index is 0.0000120. The zero-order valence-corrected chi connectivity index (χ0v) is 14.9. The molecule has 1 saturated carbocycles. The summed E-state index contributed by atoms with van der Waals surface area (Å²) in [6, 6.07) is 9.63. The first-order chi connectivity index (χ1) is 12.5. The standard InChI is InChI=1S/C20H18ClFN2O2/c21-18-10-16(23-19(25)12-1-2-12)5-6-17(18)20(26)24-8-7-13-9-15(22)4-3-14(13)11-24/h3-6,9-10,12H,1-2,7-8,11H2,(H,23,25). The summed E-state index contributed by atoms with van der Waals surface area (Å²) < 4.78 is 13.3. The molecule has 4 nitrogen and oxygen atoms in total. The molecule has 134 valence electrons. The maximum absolute atomic E-state index is 13.3. The predicted molar refractivity (Wildman–Crippen MR) is 97.7 cm³/mol. The zero-order valence-electron chi connectivity index (χ0n) is 14.1. The van der Waals surface area contributed by atoms with E-state index in [-0.39, 0.29) is 23.5 Å². The first-order valence-electron chi connectivity index (χ1n) is 8.68. The number of nitrogens with one attached hydrogen (secondary N) is 1. The third-order valence-electron chi connectivity index (χ3n) is 4.88. The molecule has 2 aromatic carbocycles. The Kier molecular flexibility index (Phi) is 4.41. The van der Waals surface area contributed by atoms with E-state index in [1.54, 1.807) is 29.2 Å². The van der Waals surface area contributed by atoms with E-state index in [2.05, 4.69) is 5.32 Å². The average Bonchev–Trinajstić information content (AvgIpc) is 3.46. The monoisotopic (exact) mass is 372 g/mol. The number of anilines is 1. The molecule has 26 heavy (non-hydrogen) atoms. The van der Waals surface area contributed by atoms with Crippen molar-refractivity contribution in [2.75, 3.05) is 11.9 Å². The van der Waals surface area contributed by atoms with Crippen LogP contribution in [-0.2, 0) is 17.8 Å². The second-order valence-corrected chi connectivity index (χ2v) is 7.26. The molecule has 1 N–H and O–H groups in total. The number of benzene rings is 2. The van der Waals surface area contributed by atoms with E-state index in [1.165, 1.54) is 12.1 Å². The highest BCUT2D eigenvalue weighted by Crippen LogP contribution is 2.31. The summed E-state index contributed by atoms with van der Waals surface area (Å²) in [5.41, 5.74) is 2.90. The first-order valence-corrected chi connectivity index (χ1v) is 9.06. The molecule has 0 radical (unpaired) electrons. The summed E-state index contributed by atoms with van der Waals surface area (Å²) >= 11 is 6.29. The van der Waals surface area contributed by atoms with Gasteiger partial charge in [-0.3, -0.25) is 9.59 Å². The number of fused-ring (bicyclic) bond motifs is 1. The Balaban J connectivity index is 1.49. The predicted octanol–water partition coefficient (Wildman–Crippen LogP) is 4.03. The topological polar surface area (TPSA) is 49.4 Å². The molecule has 2 aromatic rings. The summed E-state index contributed by atoms with van der Waals surface area (Å²) in [4.78, 5) is 26.4. The Morgan fingerprint density at radius 3 is 2.65 bits per heavy atom. The van der Waals surface area contributed by atoms with Crippen molar-refractivity contribution in [3.63, 3.8) is 0 Å². The van der Waals surface area contributed by atoms with Crippen LogP contribution in [-0.4, -0.2) is 23.3 Å². The van der Waals surface area contributed by atoms with E-state index < -0.39 is 0 Å². The number of hydrogen-bond acceptors (Lipinski definition) is 2. The number of halogens is 2. The van der Waals surface area contributed by atoms with Gasteiger partial charge in [0.2, 0.25) is 5.91 Å². The summed E-state index contributed by atoms with van der Waals surface area (Å²) in [5.74, 6) is -0.311. The normalized spacial score (nSPS) is 16.2. The van der Waals surface area contributed by atoms with E-state index >= 15 is 0 Å². The Hall–Kier alpha value is -2.40. The van der Waals surface area contributed by atoms with Gasteiger partial charge in [0.05, 0.1) is 10.6 Å². The van der Waals surface area contributed by atoms with Gasteiger partial charge in [0.25, 0.3) is 5.91 Å². The first kappa shape index (κ1) is 17.0. The number of nitrogens with zero attached hydrogens (tertiary/aromatic N) is 1. The molecule has 0 atom stereocenters. The molecule has 0 unspecified atom stereocenters. The third kappa shape index (κ3) is 3.44. The molecule has 0 saturated heterocycles. The SMILES string of the molecule is O=C(Nc1ccc(C(=O)N2CCc3cc(F)ccc3C2)c(Cl)c1)C1CC1. The summed E-state index contributed by atoms with van der Waals surface area (Å²) in [5, 5.41) is 3.14. The minimum atomic E-state index is -0.254. The molecule has 1 aliphatic carbocycles. The number of carbonyl (C=O) groups excluding carboxylic acids is 2. The van der Waals surface area contributed by atoms with Crippen molar-refractivity contribution in [3.05, 3.63) is 63.9 Å². The molecule has 1 heterocycles. The number of carbonyl (C=O) groups is 2. The van der Waals surface area contributed by atoms with Crippen LogP contribution in [0.3, 0.4) is 0 Å². The lowest BCUT2D eigenvalue weighted by atomic mass is 9.99. The fraction of sp³-hybridized carbons (Fsp3) is 0.300. The van der Waals surface area contributed by atoms with Crippen molar-refractivity contribution in [2.45, 2.75) is 25.8 Å². The van der Waals surface area contributed by atoms with Gasteiger partial charge in [-0.1, -0.05) is 17.7 Å². The van der Waals surface area contributed by atoms with Crippen LogP contribution in [0, 0.1) is 11.7 Å². The summed E-state index contributed by atoms with van der Waals surface area (Å²) in [7, 11) is 0. The highest BCUT2D eigenvalue weighted by Gasteiger charge is 2.30. The van der Waals surface area contributed by atoms with Crippen molar-refractivity contribution in [2.24, 2.45) is 5.92 Å². The van der Waals surface area contributed by atoms with Crippen molar-refractivity contribution >= 4 is 29.1 Å². The minimum Gasteiger partial charge on any atom is -0.334 e. The van der Waals surface area contributed by atoms with Crippen LogP contribution in [0.4, 0.5) is 10.1 Å². The number of amides is 2. The second kappa shape index (κ2) is 6.72. The Morgan fingerprint density at radius 1 is 1.12 bits per heavy atom. The molecule has 0 spiro atoms. The van der Waals surface area contributed by atoms with Crippen molar-refractivity contribution in [1.29, 1.82) is 0 Å². The van der Waals surface area contributed by atoms with Crippen molar-refractivity contribution in [1.82, 2.24) is 4.90 Å². The lowest BCUT2D eigenvalue weighted by Crippen LogP contribution is -2.36. The molecule has 1 fully saturated rings. The highest BCUT2D eigenvalue weighted by atomic mass is 35.5. The van der Waals surface area contributed by atoms with Gasteiger partial charge >= 0.3 is 0 Å². The maximum Gasteiger partial charge on any atom is 0.255 e. The average molecular weight is 373 g/mol. The number of hydrogen-bond donors (Lipinski definition) is 1. The fourth-order valence-corrected chi connectivity index (χ4v) is 3.48. The van der Waals surface area contributed by atoms with Gasteiger partial charge in [0.15, 0.2) is 0 Å². The Bertz CT molecular complexity index is 895. The van der Waals surface area contributed by atoms with Gasteiger partial charge in [-0.2, -0.15) is 0 Å². The Labute approximate surface area is 155 Å². The van der Waals surface area contributed by atoms with Gasteiger partial charge in [-0.05, 0) is 60.7 Å². The second-order valence-electron chi connectivity index (χ2n) is 6.85. The molecular formula is C20H18ClFN2O2.